The molecule has 0 aliphatic heterocycles. The third kappa shape index (κ3) is 5.82. The van der Waals surface area contributed by atoms with Crippen molar-refractivity contribution in [2.75, 3.05) is 0 Å². The third-order valence-electron chi connectivity index (χ3n) is 0.252. The number of carbonyl (C=O) groups is 1. The van der Waals surface area contributed by atoms with Crippen molar-refractivity contribution in [2.24, 2.45) is 0 Å². The standard InChI is InChI=1S/CCl2O7/c4-1(9-2(5)6)10-3(7)8. The number of carbonyl (C=O) groups excluding carboxylic acids is 1. The van der Waals surface area contributed by atoms with Crippen LogP contribution in [-0.2, 0) is 8.58 Å². The minimum atomic E-state index is -2.81. The molecule has 0 saturated carbocycles. The normalized spacial score (nSPS) is 10.2. The van der Waals surface area contributed by atoms with Gasteiger partial charge in [-0.25, -0.2) is 0 Å². The summed E-state index contributed by atoms with van der Waals surface area (Å²) in [5.41, 5.74) is 0. The van der Waals surface area contributed by atoms with Crippen LogP contribution in [0, 0.1) is 21.6 Å². The van der Waals surface area contributed by atoms with E-state index < -0.39 is 27.7 Å². The van der Waals surface area contributed by atoms with Gasteiger partial charge in [0.1, 0.15) is 0 Å². The van der Waals surface area contributed by atoms with Crippen molar-refractivity contribution in [3.63, 3.8) is 0 Å². The van der Waals surface area contributed by atoms with Crippen molar-refractivity contribution >= 4 is 6.16 Å². The molecule has 0 aromatic heterocycles. The molecular formula is CCl2O7. The Kier molecular flexibility index (Phi) is 4.36. The predicted molar refractivity (Wildman–Crippen MR) is 7.57 cm³/mol. The van der Waals surface area contributed by atoms with Crippen LogP contribution in [0.1, 0.15) is 0 Å². The van der Waals surface area contributed by atoms with Crippen LogP contribution >= 0.6 is 0 Å². The van der Waals surface area contributed by atoms with E-state index in [-0.39, 0.29) is 0 Å². The van der Waals surface area contributed by atoms with Gasteiger partial charge >= 0.3 is 27.7 Å². The lowest BCUT2D eigenvalue weighted by Gasteiger charge is -1.89. The highest BCUT2D eigenvalue weighted by atomic mass is 35.6. The Morgan fingerprint density at radius 2 is 1.30 bits per heavy atom. The Morgan fingerprint density at radius 1 is 1.00 bits per heavy atom. The average molecular weight is 195 g/mol. The van der Waals surface area contributed by atoms with Crippen LogP contribution in [0.2, 0.25) is 0 Å². The van der Waals surface area contributed by atoms with Gasteiger partial charge in [0.05, 0.1) is 0 Å². The zero-order valence-electron chi connectivity index (χ0n) is 4.11. The molecule has 0 saturated heterocycles. The maximum absolute atomic E-state index is 9.81. The van der Waals surface area contributed by atoms with Crippen LogP contribution in [0.3, 0.4) is 0 Å². The van der Waals surface area contributed by atoms with Gasteiger partial charge in [-0.1, -0.05) is 0 Å². The average Bonchev–Trinajstić information content (AvgIpc) is 1.58. The van der Waals surface area contributed by atoms with E-state index in [1.165, 1.54) is 0 Å². The summed E-state index contributed by atoms with van der Waals surface area (Å²) in [4.78, 5) is 9.81. The second-order valence-electron chi connectivity index (χ2n) is 0.782. The van der Waals surface area contributed by atoms with Crippen molar-refractivity contribution in [3.8, 4) is 0 Å². The monoisotopic (exact) mass is 194 g/mol. The summed E-state index contributed by atoms with van der Waals surface area (Å²) in [5, 5.41) is 0. The van der Waals surface area contributed by atoms with E-state index in [0.29, 0.717) is 0 Å². The van der Waals surface area contributed by atoms with Crippen LogP contribution in [0.15, 0.2) is 0 Å². The summed E-state index contributed by atoms with van der Waals surface area (Å²) in [6.45, 7) is 0. The molecule has 0 radical (unpaired) electrons. The summed E-state index contributed by atoms with van der Waals surface area (Å²) >= 11 is 0. The number of halogens is 2. The molecule has 0 spiro atoms. The molecule has 0 amide bonds. The largest absolute Gasteiger partial charge is 0.716 e. The van der Waals surface area contributed by atoms with Gasteiger partial charge in [-0.15, -0.1) is 0 Å². The van der Waals surface area contributed by atoms with Gasteiger partial charge in [-0.3, -0.25) is 0 Å². The summed E-state index contributed by atoms with van der Waals surface area (Å²) < 4.78 is 44.1. The number of rotatable bonds is 2. The first-order chi connectivity index (χ1) is 4.52. The quantitative estimate of drug-likeness (QED) is 0.432. The van der Waals surface area contributed by atoms with E-state index in [4.69, 9.17) is 0 Å². The minimum absolute atomic E-state index is 1.85. The van der Waals surface area contributed by atoms with E-state index in [0.717, 1.165) is 0 Å². The Labute approximate surface area is 60.6 Å². The molecule has 0 aliphatic carbocycles. The van der Waals surface area contributed by atoms with Gasteiger partial charge < -0.3 is 18.6 Å². The lowest BCUT2D eigenvalue weighted by Crippen LogP contribution is -2.40. The molecule has 0 N–H and O–H groups in total. The fraction of sp³-hybridized carbons (Fsp3) is 0. The maximum atomic E-state index is 9.81. The zero-order valence-corrected chi connectivity index (χ0v) is 5.63. The molecule has 60 valence electrons. The molecule has 0 aliphatic rings. The van der Waals surface area contributed by atoms with E-state index in [1.54, 1.807) is 0 Å². The highest BCUT2D eigenvalue weighted by molar-refractivity contribution is 5.57. The maximum Gasteiger partial charge on any atom is 0.716 e. The molecule has 0 aromatic rings. The summed E-state index contributed by atoms with van der Waals surface area (Å²) in [6.07, 6.45) is -1.85. The lowest BCUT2D eigenvalue weighted by atomic mass is 11.5. The first-order valence-corrected chi connectivity index (χ1v) is 3.39. The van der Waals surface area contributed by atoms with Crippen LogP contribution in [0.4, 0.5) is 4.79 Å². The Bertz CT molecular complexity index is 98.2. The number of hydrogen-bond donors (Lipinski definition) is 0. The van der Waals surface area contributed by atoms with E-state index >= 15 is 0 Å². The molecule has 9 heteroatoms. The van der Waals surface area contributed by atoms with Gasteiger partial charge in [-0.05, 0) is 8.58 Å². The second-order valence-corrected chi connectivity index (χ2v) is 1.85. The molecule has 0 bridgehead atoms. The van der Waals surface area contributed by atoms with Gasteiger partial charge in [0.2, 0.25) is 0 Å². The highest BCUT2D eigenvalue weighted by Gasteiger charge is 2.30. The van der Waals surface area contributed by atoms with Crippen molar-refractivity contribution in [3.05, 3.63) is 0 Å². The number of hydrogen-bond acceptors (Lipinski definition) is 7. The second kappa shape index (κ2) is 4.50. The summed E-state index contributed by atoms with van der Waals surface area (Å²) in [5.74, 6) is 0. The first-order valence-electron chi connectivity index (χ1n) is 1.54. The molecule has 0 aromatic carbocycles. The zero-order chi connectivity index (χ0) is 8.15. The molecule has 7 nitrogen and oxygen atoms in total. The van der Waals surface area contributed by atoms with Crippen molar-refractivity contribution in [1.82, 2.24) is 0 Å². The third-order valence-corrected chi connectivity index (χ3v) is 0.756. The van der Waals surface area contributed by atoms with Crippen LogP contribution in [0.5, 0.6) is 0 Å². The smallest absolute Gasteiger partial charge is 0.307 e. The Hall–Kier alpha value is -0.310. The van der Waals surface area contributed by atoms with Crippen molar-refractivity contribution in [1.29, 1.82) is 0 Å². The molecule has 0 rings (SSSR count). The first kappa shape index (κ1) is 9.69. The van der Waals surface area contributed by atoms with E-state index in [9.17, 15) is 23.4 Å². The predicted octanol–water partition coefficient (Wildman–Crippen LogP) is -4.69. The van der Waals surface area contributed by atoms with Crippen molar-refractivity contribution in [2.45, 2.75) is 0 Å². The van der Waals surface area contributed by atoms with Gasteiger partial charge in [-0.2, -0.15) is 4.79 Å². The molecule has 0 unspecified atom stereocenters. The molecule has 10 heavy (non-hydrogen) atoms. The van der Waals surface area contributed by atoms with Crippen LogP contribution in [-0.4, -0.2) is 6.16 Å². The fourth-order valence-corrected chi connectivity index (χ4v) is 0.416. The minimum Gasteiger partial charge on any atom is -0.307 e. The molecule has 0 atom stereocenters. The van der Waals surface area contributed by atoms with Crippen molar-refractivity contribution < 1.29 is 53.6 Å². The van der Waals surface area contributed by atoms with Gasteiger partial charge in [0.25, 0.3) is 0 Å². The highest BCUT2D eigenvalue weighted by Crippen LogP contribution is 1.88. The molecule has 0 fully saturated rings. The van der Waals surface area contributed by atoms with Crippen LogP contribution in [0.25, 0.3) is 0 Å². The Morgan fingerprint density at radius 3 is 1.50 bits per heavy atom. The van der Waals surface area contributed by atoms with E-state index in [1.807, 2.05) is 0 Å². The SMILES string of the molecule is O=C(O[Cl+2]([O-])[O-])O[Cl+2]([O-])[O-]. The van der Waals surface area contributed by atoms with Crippen LogP contribution < -0.4 is 18.6 Å². The lowest BCUT2D eigenvalue weighted by molar-refractivity contribution is -1.64. The van der Waals surface area contributed by atoms with Gasteiger partial charge in [0.15, 0.2) is 0 Å². The van der Waals surface area contributed by atoms with Gasteiger partial charge in [0, 0.05) is 0 Å². The van der Waals surface area contributed by atoms with E-state index in [2.05, 4.69) is 8.58 Å². The molecule has 0 heterocycles. The fourth-order valence-electron chi connectivity index (χ4n) is 0.115. The Balaban J connectivity index is 3.44. The topological polar surface area (TPSA) is 128 Å². The summed E-state index contributed by atoms with van der Waals surface area (Å²) in [6, 6.07) is 0. The molecular weight excluding hydrogens is 195 g/mol. The summed E-state index contributed by atoms with van der Waals surface area (Å²) in [7, 11) is -5.61.